The standard InChI is InChI=1S/C17H28N4O4S/c1-19(9-14-8-18-20(2)10-14)12-17(22)21(11-16-4-3-6-25-16)15-5-7-26(23,24)13-15/h8,10,15-16H,3-7,9,11-13H2,1-2H3. The summed E-state index contributed by atoms with van der Waals surface area (Å²) < 4.78 is 31.2. The van der Waals surface area contributed by atoms with Gasteiger partial charge in [0.25, 0.3) is 0 Å². The van der Waals surface area contributed by atoms with Gasteiger partial charge in [-0.15, -0.1) is 0 Å². The number of carbonyl (C=O) groups is 1. The molecule has 2 aliphatic rings. The highest BCUT2D eigenvalue weighted by Crippen LogP contribution is 2.21. The van der Waals surface area contributed by atoms with Gasteiger partial charge in [-0.05, 0) is 26.3 Å². The molecule has 2 unspecified atom stereocenters. The van der Waals surface area contributed by atoms with Crippen LogP contribution in [0.3, 0.4) is 0 Å². The van der Waals surface area contributed by atoms with Crippen molar-refractivity contribution in [2.45, 2.75) is 38.0 Å². The zero-order chi connectivity index (χ0) is 18.7. The molecule has 1 aromatic heterocycles. The van der Waals surface area contributed by atoms with Gasteiger partial charge in [0.15, 0.2) is 9.84 Å². The van der Waals surface area contributed by atoms with E-state index in [9.17, 15) is 13.2 Å². The minimum Gasteiger partial charge on any atom is -0.376 e. The third kappa shape index (κ3) is 5.05. The van der Waals surface area contributed by atoms with Crippen LogP contribution in [0.1, 0.15) is 24.8 Å². The normalized spacial score (nSPS) is 25.0. The monoisotopic (exact) mass is 384 g/mol. The molecule has 26 heavy (non-hydrogen) atoms. The summed E-state index contributed by atoms with van der Waals surface area (Å²) >= 11 is 0. The number of hydrogen-bond donors (Lipinski definition) is 0. The van der Waals surface area contributed by atoms with Gasteiger partial charge < -0.3 is 9.64 Å². The first-order valence-electron chi connectivity index (χ1n) is 9.10. The topological polar surface area (TPSA) is 84.7 Å². The van der Waals surface area contributed by atoms with E-state index >= 15 is 0 Å². The van der Waals surface area contributed by atoms with Gasteiger partial charge in [-0.2, -0.15) is 5.10 Å². The van der Waals surface area contributed by atoms with Crippen LogP contribution in [0.5, 0.6) is 0 Å². The van der Waals surface area contributed by atoms with E-state index in [-0.39, 0.29) is 36.1 Å². The van der Waals surface area contributed by atoms with Crippen molar-refractivity contribution in [3.05, 3.63) is 18.0 Å². The van der Waals surface area contributed by atoms with E-state index in [1.807, 2.05) is 25.2 Å². The van der Waals surface area contributed by atoms with Crippen LogP contribution in [-0.4, -0.2) is 84.3 Å². The van der Waals surface area contributed by atoms with Crippen molar-refractivity contribution in [3.8, 4) is 0 Å². The van der Waals surface area contributed by atoms with Crippen molar-refractivity contribution in [1.29, 1.82) is 0 Å². The van der Waals surface area contributed by atoms with Crippen molar-refractivity contribution in [2.75, 3.05) is 38.2 Å². The smallest absolute Gasteiger partial charge is 0.237 e. The highest BCUT2D eigenvalue weighted by molar-refractivity contribution is 7.91. The molecule has 2 aliphatic heterocycles. The number of nitrogens with zero attached hydrogens (tertiary/aromatic N) is 4. The summed E-state index contributed by atoms with van der Waals surface area (Å²) in [5.41, 5.74) is 1.04. The fourth-order valence-electron chi connectivity index (χ4n) is 3.73. The lowest BCUT2D eigenvalue weighted by Gasteiger charge is -2.32. The van der Waals surface area contributed by atoms with Crippen molar-refractivity contribution in [2.24, 2.45) is 7.05 Å². The van der Waals surface area contributed by atoms with Gasteiger partial charge in [-0.3, -0.25) is 14.4 Å². The fraction of sp³-hybridized carbons (Fsp3) is 0.765. The van der Waals surface area contributed by atoms with E-state index in [1.165, 1.54) is 0 Å². The summed E-state index contributed by atoms with van der Waals surface area (Å²) in [4.78, 5) is 16.6. The second-order valence-corrected chi connectivity index (χ2v) is 9.66. The summed E-state index contributed by atoms with van der Waals surface area (Å²) in [6.45, 7) is 2.07. The van der Waals surface area contributed by atoms with E-state index in [0.717, 1.165) is 25.0 Å². The molecule has 3 heterocycles. The zero-order valence-corrected chi connectivity index (χ0v) is 16.3. The Morgan fingerprint density at radius 2 is 2.23 bits per heavy atom. The molecule has 9 heteroatoms. The van der Waals surface area contributed by atoms with Crippen LogP contribution in [0.15, 0.2) is 12.4 Å². The Kier molecular flexibility index (Phi) is 5.99. The summed E-state index contributed by atoms with van der Waals surface area (Å²) in [6.07, 6.45) is 6.17. The summed E-state index contributed by atoms with van der Waals surface area (Å²) in [5, 5.41) is 4.14. The maximum absolute atomic E-state index is 12.9. The van der Waals surface area contributed by atoms with Crippen molar-refractivity contribution in [1.82, 2.24) is 19.6 Å². The molecule has 2 saturated heterocycles. The molecule has 2 fully saturated rings. The lowest BCUT2D eigenvalue weighted by molar-refractivity contribution is -0.135. The molecule has 2 atom stereocenters. The minimum atomic E-state index is -3.04. The van der Waals surface area contributed by atoms with E-state index < -0.39 is 9.84 Å². The van der Waals surface area contributed by atoms with Crippen molar-refractivity contribution in [3.63, 3.8) is 0 Å². The van der Waals surface area contributed by atoms with Crippen LogP contribution in [0.4, 0.5) is 0 Å². The van der Waals surface area contributed by atoms with Crippen LogP contribution in [0.2, 0.25) is 0 Å². The first-order chi connectivity index (χ1) is 12.3. The maximum atomic E-state index is 12.9. The third-order valence-electron chi connectivity index (χ3n) is 5.01. The Balaban J connectivity index is 1.63. The molecule has 0 aromatic carbocycles. The fourth-order valence-corrected chi connectivity index (χ4v) is 5.46. The highest BCUT2D eigenvalue weighted by atomic mass is 32.2. The minimum absolute atomic E-state index is 0.0193. The summed E-state index contributed by atoms with van der Waals surface area (Å²) in [5.74, 6) is 0.199. The molecule has 0 N–H and O–H groups in total. The van der Waals surface area contributed by atoms with E-state index in [2.05, 4.69) is 5.10 Å². The lowest BCUT2D eigenvalue weighted by Crippen LogP contribution is -2.48. The summed E-state index contributed by atoms with van der Waals surface area (Å²) in [6, 6.07) is -0.233. The van der Waals surface area contributed by atoms with Crippen LogP contribution in [-0.2, 0) is 33.0 Å². The van der Waals surface area contributed by atoms with Crippen LogP contribution in [0.25, 0.3) is 0 Å². The number of aromatic nitrogens is 2. The molecule has 0 bridgehead atoms. The maximum Gasteiger partial charge on any atom is 0.237 e. The van der Waals surface area contributed by atoms with Gasteiger partial charge in [0.05, 0.1) is 30.4 Å². The van der Waals surface area contributed by atoms with Gasteiger partial charge in [0.2, 0.25) is 5.91 Å². The number of sulfone groups is 1. The number of aryl methyl sites for hydroxylation is 1. The van der Waals surface area contributed by atoms with Crippen molar-refractivity contribution >= 4 is 15.7 Å². The predicted octanol–water partition coefficient (Wildman–Crippen LogP) is 0.0466. The molecule has 1 aromatic rings. The second kappa shape index (κ2) is 8.06. The first kappa shape index (κ1) is 19.3. The largest absolute Gasteiger partial charge is 0.376 e. The SMILES string of the molecule is CN(CC(=O)N(CC1CCCO1)C1CCS(=O)(=O)C1)Cc1cnn(C)c1. The number of rotatable bonds is 7. The number of likely N-dealkylation sites (N-methyl/N-ethyl adjacent to an activating group) is 1. The van der Waals surface area contributed by atoms with Crippen molar-refractivity contribution < 1.29 is 17.9 Å². The highest BCUT2D eigenvalue weighted by Gasteiger charge is 2.36. The molecular weight excluding hydrogens is 356 g/mol. The van der Waals surface area contributed by atoms with E-state index in [4.69, 9.17) is 4.74 Å². The van der Waals surface area contributed by atoms with Gasteiger partial charge >= 0.3 is 0 Å². The van der Waals surface area contributed by atoms with Crippen LogP contribution < -0.4 is 0 Å². The third-order valence-corrected chi connectivity index (χ3v) is 6.76. The summed E-state index contributed by atoms with van der Waals surface area (Å²) in [7, 11) is 0.708. The molecule has 8 nitrogen and oxygen atoms in total. The Morgan fingerprint density at radius 3 is 2.81 bits per heavy atom. The van der Waals surface area contributed by atoms with Crippen LogP contribution in [0, 0.1) is 0 Å². The van der Waals surface area contributed by atoms with E-state index in [0.29, 0.717) is 19.5 Å². The molecule has 0 radical (unpaired) electrons. The second-order valence-electron chi connectivity index (χ2n) is 7.43. The Labute approximate surface area is 155 Å². The number of hydrogen-bond acceptors (Lipinski definition) is 6. The molecule has 0 spiro atoms. The average Bonchev–Trinajstić information content (AvgIpc) is 3.27. The Morgan fingerprint density at radius 1 is 1.42 bits per heavy atom. The first-order valence-corrected chi connectivity index (χ1v) is 10.9. The van der Waals surface area contributed by atoms with Gasteiger partial charge in [-0.1, -0.05) is 0 Å². The zero-order valence-electron chi connectivity index (χ0n) is 15.5. The van der Waals surface area contributed by atoms with E-state index in [1.54, 1.807) is 15.8 Å². The molecule has 0 aliphatic carbocycles. The molecule has 0 saturated carbocycles. The molecular formula is C17H28N4O4S. The number of ether oxygens (including phenoxy) is 1. The van der Waals surface area contributed by atoms with Gasteiger partial charge in [0, 0.05) is 44.5 Å². The number of carbonyl (C=O) groups excluding carboxylic acids is 1. The molecule has 146 valence electrons. The van der Waals surface area contributed by atoms with Gasteiger partial charge in [-0.25, -0.2) is 8.42 Å². The lowest BCUT2D eigenvalue weighted by atomic mass is 10.1. The molecule has 1 amide bonds. The quantitative estimate of drug-likeness (QED) is 0.660. The molecule has 3 rings (SSSR count). The van der Waals surface area contributed by atoms with Gasteiger partial charge in [0.1, 0.15) is 0 Å². The number of amides is 1. The average molecular weight is 385 g/mol. The Hall–Kier alpha value is -1.45. The van der Waals surface area contributed by atoms with Crippen LogP contribution >= 0.6 is 0 Å². The predicted molar refractivity (Wildman–Crippen MR) is 97.3 cm³/mol. The Bertz CT molecular complexity index is 727.